The van der Waals surface area contributed by atoms with Crippen LogP contribution in [0, 0.1) is 11.3 Å². The van der Waals surface area contributed by atoms with Crippen molar-refractivity contribution in [2.24, 2.45) is 5.73 Å². The summed E-state index contributed by atoms with van der Waals surface area (Å²) in [5.41, 5.74) is 9.21. The molecule has 12 nitrogen and oxygen atoms in total. The lowest BCUT2D eigenvalue weighted by molar-refractivity contribution is -0.148. The molecule has 0 spiro atoms. The number of nitriles is 1. The lowest BCUT2D eigenvalue weighted by atomic mass is 10.1. The van der Waals surface area contributed by atoms with Crippen molar-refractivity contribution in [3.05, 3.63) is 22.3 Å². The summed E-state index contributed by atoms with van der Waals surface area (Å²) in [7, 11) is 1.21. The van der Waals surface area contributed by atoms with Crippen molar-refractivity contribution in [1.29, 1.82) is 5.26 Å². The maximum atomic E-state index is 12.7. The number of nitrogens with two attached hydrogens (primary N) is 2. The molecule has 2 aliphatic heterocycles. The van der Waals surface area contributed by atoms with Crippen LogP contribution in [0.15, 0.2) is 16.7 Å². The summed E-state index contributed by atoms with van der Waals surface area (Å²) in [6, 6.07) is 0.706. The molecule has 2 atom stereocenters. The molecule has 0 saturated carbocycles. The summed E-state index contributed by atoms with van der Waals surface area (Å²) >= 11 is 1.07. The number of ether oxygens (including phenoxy) is 1. The molecule has 27 heavy (non-hydrogen) atoms. The van der Waals surface area contributed by atoms with E-state index in [9.17, 15) is 19.5 Å². The van der Waals surface area contributed by atoms with Crippen molar-refractivity contribution in [2.45, 2.75) is 11.8 Å². The molecule has 142 valence electrons. The van der Waals surface area contributed by atoms with Crippen LogP contribution in [-0.2, 0) is 24.8 Å². The van der Waals surface area contributed by atoms with Crippen LogP contribution in [0.5, 0.6) is 0 Å². The predicted molar refractivity (Wildman–Crippen MR) is 90.0 cm³/mol. The standard InChI is InChI=1S/C14H15N7O5S/c1-26-14(17,8-5-27-13(16)19-8)12(25)18-7-4-20-3-6(2-15)9(11(23)24)21(20)10(7)22/h5,7H,3-4,17H2,1H3,(H2,16,19)(H,18,25)(H,23,24)/t7-,14?/m0/s1. The molecule has 2 amide bonds. The Labute approximate surface area is 156 Å². The highest BCUT2D eigenvalue weighted by Gasteiger charge is 2.50. The summed E-state index contributed by atoms with van der Waals surface area (Å²) in [6.07, 6.45) is 0. The molecule has 2 aliphatic rings. The van der Waals surface area contributed by atoms with Crippen LogP contribution in [0.1, 0.15) is 5.69 Å². The summed E-state index contributed by atoms with van der Waals surface area (Å²) in [6.45, 7) is -0.0670. The third-order valence-corrected chi connectivity index (χ3v) is 4.90. The highest BCUT2D eigenvalue weighted by atomic mass is 32.1. The second-order valence-electron chi connectivity index (χ2n) is 5.78. The second kappa shape index (κ2) is 6.59. The highest BCUT2D eigenvalue weighted by Crippen LogP contribution is 2.30. The second-order valence-corrected chi connectivity index (χ2v) is 6.67. The van der Waals surface area contributed by atoms with Gasteiger partial charge in [-0.25, -0.2) is 19.8 Å². The van der Waals surface area contributed by atoms with Gasteiger partial charge in [0.05, 0.1) is 18.2 Å². The van der Waals surface area contributed by atoms with E-state index in [1.54, 1.807) is 6.07 Å². The molecule has 1 aromatic heterocycles. The van der Waals surface area contributed by atoms with Crippen molar-refractivity contribution in [3.8, 4) is 6.07 Å². The number of nitrogen functional groups attached to an aromatic ring is 1. The van der Waals surface area contributed by atoms with E-state index >= 15 is 0 Å². The van der Waals surface area contributed by atoms with Gasteiger partial charge in [-0.2, -0.15) is 5.26 Å². The first-order chi connectivity index (χ1) is 12.7. The monoisotopic (exact) mass is 393 g/mol. The number of carboxylic acids is 1. The van der Waals surface area contributed by atoms with Gasteiger partial charge in [0.2, 0.25) is 5.72 Å². The molecule has 13 heteroatoms. The number of nitrogens with zero attached hydrogens (tertiary/aromatic N) is 4. The lowest BCUT2D eigenvalue weighted by Crippen LogP contribution is -2.57. The van der Waals surface area contributed by atoms with E-state index in [0.717, 1.165) is 16.3 Å². The molecular weight excluding hydrogens is 378 g/mol. The van der Waals surface area contributed by atoms with E-state index in [0.29, 0.717) is 0 Å². The molecule has 0 radical (unpaired) electrons. The van der Waals surface area contributed by atoms with Gasteiger partial charge in [-0.05, 0) is 0 Å². The number of hydrazine groups is 1. The number of hydrogen-bond acceptors (Lipinski definition) is 10. The Balaban J connectivity index is 1.81. The molecule has 1 aromatic rings. The van der Waals surface area contributed by atoms with Gasteiger partial charge >= 0.3 is 5.97 Å². The number of aromatic nitrogens is 1. The van der Waals surface area contributed by atoms with Gasteiger partial charge in [-0.15, -0.1) is 11.3 Å². The van der Waals surface area contributed by atoms with Gasteiger partial charge in [-0.1, -0.05) is 0 Å². The quantitative estimate of drug-likeness (QED) is 0.403. The first-order valence-corrected chi connectivity index (χ1v) is 8.42. The largest absolute Gasteiger partial charge is 0.476 e. The van der Waals surface area contributed by atoms with Gasteiger partial charge in [0.1, 0.15) is 11.7 Å². The van der Waals surface area contributed by atoms with Crippen LogP contribution in [0.4, 0.5) is 5.13 Å². The van der Waals surface area contributed by atoms with Crippen molar-refractivity contribution in [1.82, 2.24) is 20.3 Å². The minimum Gasteiger partial charge on any atom is -0.476 e. The number of amides is 2. The van der Waals surface area contributed by atoms with Crippen molar-refractivity contribution in [2.75, 3.05) is 25.9 Å². The smallest absolute Gasteiger partial charge is 0.355 e. The summed E-state index contributed by atoms with van der Waals surface area (Å²) in [5.74, 6) is -2.93. The Morgan fingerprint density at radius 1 is 1.59 bits per heavy atom. The number of anilines is 1. The number of thiazole rings is 1. The number of aliphatic carboxylic acids is 1. The third kappa shape index (κ3) is 2.90. The molecule has 1 unspecified atom stereocenters. The number of nitrogens with one attached hydrogen (secondary N) is 1. The van der Waals surface area contributed by atoms with Crippen molar-refractivity contribution in [3.63, 3.8) is 0 Å². The molecule has 1 fully saturated rings. The summed E-state index contributed by atoms with van der Waals surface area (Å²) in [4.78, 5) is 40.6. The van der Waals surface area contributed by atoms with E-state index in [1.165, 1.54) is 17.5 Å². The van der Waals surface area contributed by atoms with Gasteiger partial charge in [0.25, 0.3) is 11.8 Å². The topological polar surface area (TPSA) is 188 Å². The SMILES string of the molecule is COC(N)(C(=O)N[C@H]1CN2CC(C#N)=C(C(=O)O)N2C1=O)c1csc(N)n1. The zero-order valence-electron chi connectivity index (χ0n) is 14.0. The minimum atomic E-state index is -1.97. The maximum Gasteiger partial charge on any atom is 0.355 e. The lowest BCUT2D eigenvalue weighted by Gasteiger charge is -2.26. The molecular formula is C14H15N7O5S. The maximum absolute atomic E-state index is 12.7. The van der Waals surface area contributed by atoms with Gasteiger partial charge in [0.15, 0.2) is 10.8 Å². The van der Waals surface area contributed by atoms with E-state index in [4.69, 9.17) is 21.5 Å². The van der Waals surface area contributed by atoms with Crippen LogP contribution in [0.2, 0.25) is 0 Å². The number of carbonyl (C=O) groups excluding carboxylic acids is 2. The molecule has 0 aromatic carbocycles. The van der Waals surface area contributed by atoms with Gasteiger partial charge in [-0.3, -0.25) is 15.3 Å². The fourth-order valence-electron chi connectivity index (χ4n) is 2.88. The van der Waals surface area contributed by atoms with Crippen LogP contribution in [-0.4, -0.2) is 64.1 Å². The molecule has 6 N–H and O–H groups in total. The molecule has 0 aliphatic carbocycles. The average molecular weight is 393 g/mol. The Kier molecular flexibility index (Phi) is 4.57. The zero-order chi connectivity index (χ0) is 19.9. The summed E-state index contributed by atoms with van der Waals surface area (Å²) < 4.78 is 5.10. The number of fused-ring (bicyclic) bond motifs is 1. The van der Waals surface area contributed by atoms with E-state index in [1.807, 2.05) is 0 Å². The number of methoxy groups -OCH3 is 1. The van der Waals surface area contributed by atoms with E-state index in [2.05, 4.69) is 10.3 Å². The van der Waals surface area contributed by atoms with Crippen LogP contribution in [0.25, 0.3) is 0 Å². The Morgan fingerprint density at radius 3 is 2.81 bits per heavy atom. The first-order valence-electron chi connectivity index (χ1n) is 7.54. The number of rotatable bonds is 5. The first kappa shape index (κ1) is 18.7. The minimum absolute atomic E-state index is 0.0223. The highest BCUT2D eigenvalue weighted by molar-refractivity contribution is 7.13. The summed E-state index contributed by atoms with van der Waals surface area (Å²) in [5, 5.41) is 24.7. The fourth-order valence-corrected chi connectivity index (χ4v) is 3.49. The van der Waals surface area contributed by atoms with Crippen LogP contribution >= 0.6 is 11.3 Å². The van der Waals surface area contributed by atoms with Crippen LogP contribution < -0.4 is 16.8 Å². The Bertz CT molecular complexity index is 906. The van der Waals surface area contributed by atoms with Gasteiger partial charge in [0, 0.05) is 19.0 Å². The number of carboxylic acid groups (broad SMARTS) is 1. The molecule has 1 saturated heterocycles. The Hall–Kier alpha value is -3.05. The van der Waals surface area contributed by atoms with E-state index in [-0.39, 0.29) is 29.5 Å². The van der Waals surface area contributed by atoms with Crippen LogP contribution in [0.3, 0.4) is 0 Å². The normalized spacial score (nSPS) is 21.7. The van der Waals surface area contributed by atoms with E-state index < -0.39 is 35.2 Å². The molecule has 3 rings (SSSR count). The average Bonchev–Trinajstić information content (AvgIpc) is 3.29. The zero-order valence-corrected chi connectivity index (χ0v) is 14.8. The fraction of sp³-hybridized carbons (Fsp3) is 0.357. The third-order valence-electron chi connectivity index (χ3n) is 4.23. The van der Waals surface area contributed by atoms with Crippen molar-refractivity contribution < 1.29 is 24.2 Å². The van der Waals surface area contributed by atoms with Crippen molar-refractivity contribution >= 4 is 34.3 Å². The number of carbonyl (C=O) groups is 3. The predicted octanol–water partition coefficient (Wildman–Crippen LogP) is -2.10. The molecule has 0 bridgehead atoms. The molecule has 3 heterocycles. The Morgan fingerprint density at radius 2 is 2.30 bits per heavy atom. The number of hydrogen-bond donors (Lipinski definition) is 4. The van der Waals surface area contributed by atoms with Gasteiger partial charge < -0.3 is 20.9 Å².